The maximum absolute atomic E-state index is 12.1. The predicted molar refractivity (Wildman–Crippen MR) is 81.0 cm³/mol. The standard InChI is InChI=1S/C16H21NO5/c1-2-3-9-21-12-6-4-5-11(10-12)17-15(18)13-7-8-14(22-13)16(19)20/h4-6,10,13-14H,2-3,7-9H2,1H3,(H,17,18)(H,19,20)/t13-,14+/m0/s1. The van der Waals surface area contributed by atoms with E-state index in [0.717, 1.165) is 12.8 Å². The molecule has 1 amide bonds. The fraction of sp³-hybridized carbons (Fsp3) is 0.500. The average molecular weight is 307 g/mol. The Balaban J connectivity index is 1.89. The highest BCUT2D eigenvalue weighted by atomic mass is 16.5. The van der Waals surface area contributed by atoms with Crippen molar-refractivity contribution in [1.29, 1.82) is 0 Å². The molecule has 1 aliphatic heterocycles. The third-order valence-electron chi connectivity index (χ3n) is 3.46. The summed E-state index contributed by atoms with van der Waals surface area (Å²) in [6.07, 6.45) is 1.19. The highest BCUT2D eigenvalue weighted by molar-refractivity contribution is 5.94. The summed E-state index contributed by atoms with van der Waals surface area (Å²) in [5, 5.41) is 11.6. The number of amides is 1. The average Bonchev–Trinajstić information content (AvgIpc) is 2.98. The number of carboxylic acid groups (broad SMARTS) is 1. The lowest BCUT2D eigenvalue weighted by molar-refractivity contribution is -0.150. The van der Waals surface area contributed by atoms with Crippen molar-refractivity contribution >= 4 is 17.6 Å². The van der Waals surface area contributed by atoms with E-state index in [2.05, 4.69) is 12.2 Å². The number of unbranched alkanes of at least 4 members (excludes halogenated alkanes) is 1. The van der Waals surface area contributed by atoms with E-state index in [1.165, 1.54) is 0 Å². The molecule has 1 aromatic carbocycles. The van der Waals surface area contributed by atoms with Gasteiger partial charge in [-0.3, -0.25) is 4.79 Å². The second-order valence-electron chi connectivity index (χ2n) is 5.25. The smallest absolute Gasteiger partial charge is 0.332 e. The summed E-state index contributed by atoms with van der Waals surface area (Å²) in [6.45, 7) is 2.73. The number of ether oxygens (including phenoxy) is 2. The number of hydrogen-bond donors (Lipinski definition) is 2. The van der Waals surface area contributed by atoms with Gasteiger partial charge >= 0.3 is 5.97 Å². The molecule has 1 aromatic rings. The molecule has 6 nitrogen and oxygen atoms in total. The third kappa shape index (κ3) is 4.46. The van der Waals surface area contributed by atoms with E-state index in [9.17, 15) is 9.59 Å². The van der Waals surface area contributed by atoms with E-state index in [-0.39, 0.29) is 5.91 Å². The second kappa shape index (κ2) is 7.79. The Morgan fingerprint density at radius 3 is 2.82 bits per heavy atom. The van der Waals surface area contributed by atoms with Crippen LogP contribution in [0.1, 0.15) is 32.6 Å². The Hall–Kier alpha value is -2.08. The van der Waals surface area contributed by atoms with Crippen molar-refractivity contribution in [3.05, 3.63) is 24.3 Å². The van der Waals surface area contributed by atoms with Crippen molar-refractivity contribution in [3.8, 4) is 5.75 Å². The van der Waals surface area contributed by atoms with E-state index in [1.807, 2.05) is 6.07 Å². The van der Waals surface area contributed by atoms with Gasteiger partial charge in [0.05, 0.1) is 6.61 Å². The number of carbonyl (C=O) groups excluding carboxylic acids is 1. The number of carbonyl (C=O) groups is 2. The monoisotopic (exact) mass is 307 g/mol. The summed E-state index contributed by atoms with van der Waals surface area (Å²) in [5.74, 6) is -0.655. The number of carboxylic acids is 1. The van der Waals surface area contributed by atoms with Crippen LogP contribution in [0.4, 0.5) is 5.69 Å². The van der Waals surface area contributed by atoms with Crippen molar-refractivity contribution in [2.75, 3.05) is 11.9 Å². The number of hydrogen-bond acceptors (Lipinski definition) is 4. The molecule has 2 atom stereocenters. The Labute approximate surface area is 129 Å². The van der Waals surface area contributed by atoms with Gasteiger partial charge in [0.2, 0.25) is 0 Å². The number of aliphatic carboxylic acids is 1. The zero-order valence-electron chi connectivity index (χ0n) is 12.6. The first kappa shape index (κ1) is 16.3. The summed E-state index contributed by atoms with van der Waals surface area (Å²) in [5.41, 5.74) is 0.612. The topological polar surface area (TPSA) is 84.9 Å². The van der Waals surface area contributed by atoms with Crippen LogP contribution in [-0.2, 0) is 14.3 Å². The quantitative estimate of drug-likeness (QED) is 0.756. The molecule has 120 valence electrons. The van der Waals surface area contributed by atoms with Crippen LogP contribution in [0.2, 0.25) is 0 Å². The first-order valence-electron chi connectivity index (χ1n) is 7.52. The van der Waals surface area contributed by atoms with Gasteiger partial charge in [0, 0.05) is 11.8 Å². The lowest BCUT2D eigenvalue weighted by atomic mass is 10.2. The van der Waals surface area contributed by atoms with Gasteiger partial charge in [-0.25, -0.2) is 4.79 Å². The molecule has 1 fully saturated rings. The molecule has 0 unspecified atom stereocenters. The van der Waals surface area contributed by atoms with Crippen molar-refractivity contribution in [1.82, 2.24) is 0 Å². The summed E-state index contributed by atoms with van der Waals surface area (Å²) >= 11 is 0. The van der Waals surface area contributed by atoms with Gasteiger partial charge in [-0.1, -0.05) is 19.4 Å². The molecule has 6 heteroatoms. The first-order chi connectivity index (χ1) is 10.6. The molecule has 0 saturated carbocycles. The summed E-state index contributed by atoms with van der Waals surface area (Å²) in [6, 6.07) is 7.13. The highest BCUT2D eigenvalue weighted by Crippen LogP contribution is 2.23. The lowest BCUT2D eigenvalue weighted by Gasteiger charge is -2.13. The Morgan fingerprint density at radius 1 is 1.36 bits per heavy atom. The van der Waals surface area contributed by atoms with Crippen LogP contribution in [0, 0.1) is 0 Å². The van der Waals surface area contributed by atoms with E-state index in [4.69, 9.17) is 14.6 Å². The van der Waals surface area contributed by atoms with Crippen LogP contribution in [0.5, 0.6) is 5.75 Å². The minimum Gasteiger partial charge on any atom is -0.494 e. The van der Waals surface area contributed by atoms with Gasteiger partial charge in [0.15, 0.2) is 6.10 Å². The lowest BCUT2D eigenvalue weighted by Crippen LogP contribution is -2.29. The van der Waals surface area contributed by atoms with Crippen molar-refractivity contribution in [2.24, 2.45) is 0 Å². The molecule has 0 bridgehead atoms. The minimum atomic E-state index is -1.03. The van der Waals surface area contributed by atoms with Crippen LogP contribution >= 0.6 is 0 Å². The highest BCUT2D eigenvalue weighted by Gasteiger charge is 2.34. The third-order valence-corrected chi connectivity index (χ3v) is 3.46. The fourth-order valence-electron chi connectivity index (χ4n) is 2.23. The van der Waals surface area contributed by atoms with Crippen LogP contribution in [0.3, 0.4) is 0 Å². The number of anilines is 1. The van der Waals surface area contributed by atoms with Crippen LogP contribution in [0.25, 0.3) is 0 Å². The van der Waals surface area contributed by atoms with Crippen LogP contribution in [0.15, 0.2) is 24.3 Å². The van der Waals surface area contributed by atoms with Gasteiger partial charge in [0.25, 0.3) is 5.91 Å². The van der Waals surface area contributed by atoms with Gasteiger partial charge in [-0.05, 0) is 31.4 Å². The molecular formula is C16H21NO5. The SMILES string of the molecule is CCCCOc1cccc(NC(=O)[C@@H]2CC[C@H](C(=O)O)O2)c1. The van der Waals surface area contributed by atoms with E-state index < -0.39 is 18.2 Å². The Bertz CT molecular complexity index is 531. The summed E-state index contributed by atoms with van der Waals surface area (Å²) in [7, 11) is 0. The largest absolute Gasteiger partial charge is 0.494 e. The molecule has 22 heavy (non-hydrogen) atoms. The molecule has 0 aliphatic carbocycles. The van der Waals surface area contributed by atoms with Crippen molar-refractivity contribution in [3.63, 3.8) is 0 Å². The maximum Gasteiger partial charge on any atom is 0.332 e. The molecule has 1 aliphatic rings. The maximum atomic E-state index is 12.1. The first-order valence-corrected chi connectivity index (χ1v) is 7.52. The minimum absolute atomic E-state index is 0.325. The van der Waals surface area contributed by atoms with Crippen LogP contribution < -0.4 is 10.1 Å². The molecule has 2 N–H and O–H groups in total. The molecule has 2 rings (SSSR count). The fourth-order valence-corrected chi connectivity index (χ4v) is 2.23. The van der Waals surface area contributed by atoms with Gasteiger partial charge in [0.1, 0.15) is 11.9 Å². The van der Waals surface area contributed by atoms with Gasteiger partial charge < -0.3 is 19.9 Å². The normalized spacial score (nSPS) is 20.6. The Kier molecular flexibility index (Phi) is 5.77. The van der Waals surface area contributed by atoms with Crippen LogP contribution in [-0.4, -0.2) is 35.8 Å². The molecule has 0 spiro atoms. The number of nitrogens with one attached hydrogen (secondary N) is 1. The second-order valence-corrected chi connectivity index (χ2v) is 5.25. The van der Waals surface area contributed by atoms with Crippen molar-refractivity contribution < 1.29 is 24.2 Å². The van der Waals surface area contributed by atoms with E-state index in [0.29, 0.717) is 30.9 Å². The molecule has 0 radical (unpaired) electrons. The molecule has 1 heterocycles. The Morgan fingerprint density at radius 2 is 2.14 bits per heavy atom. The number of benzene rings is 1. The van der Waals surface area contributed by atoms with E-state index in [1.54, 1.807) is 18.2 Å². The summed E-state index contributed by atoms with van der Waals surface area (Å²) in [4.78, 5) is 22.9. The van der Waals surface area contributed by atoms with Crippen molar-refractivity contribution in [2.45, 2.75) is 44.8 Å². The van der Waals surface area contributed by atoms with Gasteiger partial charge in [-0.15, -0.1) is 0 Å². The van der Waals surface area contributed by atoms with E-state index >= 15 is 0 Å². The molecule has 1 saturated heterocycles. The zero-order chi connectivity index (χ0) is 15.9. The molecule has 0 aromatic heterocycles. The predicted octanol–water partition coefficient (Wildman–Crippen LogP) is 2.44. The zero-order valence-corrected chi connectivity index (χ0v) is 12.6. The number of rotatable bonds is 7. The van der Waals surface area contributed by atoms with Gasteiger partial charge in [-0.2, -0.15) is 0 Å². The molecular weight excluding hydrogens is 286 g/mol. The summed E-state index contributed by atoms with van der Waals surface area (Å²) < 4.78 is 10.8.